The van der Waals surface area contributed by atoms with Crippen LogP contribution in [0.25, 0.3) is 0 Å². The molecule has 3 nitrogen and oxygen atoms in total. The number of unbranched alkanes of at least 4 members (excludes halogenated alkanes) is 1. The summed E-state index contributed by atoms with van der Waals surface area (Å²) < 4.78 is 20.5. The summed E-state index contributed by atoms with van der Waals surface area (Å²) in [5.41, 5.74) is 3.45. The molecule has 0 fully saturated rings. The molecule has 0 bridgehead atoms. The Morgan fingerprint density at radius 2 is 0.897 bits per heavy atom. The van der Waals surface area contributed by atoms with Gasteiger partial charge in [0.25, 0.3) is 0 Å². The average Bonchev–Trinajstić information content (AvgIpc) is 2.80. The van der Waals surface area contributed by atoms with Gasteiger partial charge < -0.3 is 0 Å². The fourth-order valence-electron chi connectivity index (χ4n) is 3.04. The van der Waals surface area contributed by atoms with Gasteiger partial charge in [0, 0.05) is 0 Å². The van der Waals surface area contributed by atoms with Crippen molar-refractivity contribution in [3.05, 3.63) is 108 Å². The van der Waals surface area contributed by atoms with Crippen LogP contribution >= 0.6 is 0 Å². The van der Waals surface area contributed by atoms with E-state index in [-0.39, 0.29) is 0 Å². The average molecular weight is 497 g/mol. The van der Waals surface area contributed by atoms with Crippen molar-refractivity contribution in [3.8, 4) is 0 Å². The minimum absolute atomic E-state index is 0.532. The summed E-state index contributed by atoms with van der Waals surface area (Å²) in [5, 5.41) is 0. The molecule has 4 heteroatoms. The van der Waals surface area contributed by atoms with Crippen molar-refractivity contribution in [2.75, 3.05) is 0 Å². The van der Waals surface area contributed by atoms with Crippen LogP contribution < -0.4 is 0 Å². The van der Waals surface area contributed by atoms with Crippen molar-refractivity contribution in [2.24, 2.45) is 0 Å². The SMILES string of the molecule is CCC[CH2][Sn]([O]Cc1ccccc1)([O]Cc1ccccc1)[O]Cc1ccccc1. The van der Waals surface area contributed by atoms with Gasteiger partial charge in [-0.2, -0.15) is 0 Å². The van der Waals surface area contributed by atoms with Gasteiger partial charge in [0.05, 0.1) is 0 Å². The van der Waals surface area contributed by atoms with Crippen LogP contribution in [0.3, 0.4) is 0 Å². The van der Waals surface area contributed by atoms with Crippen LogP contribution in [0.2, 0.25) is 4.44 Å². The molecule has 152 valence electrons. The Hall–Kier alpha value is -1.66. The molecular formula is C25H30O3Sn. The maximum absolute atomic E-state index is 6.53. The monoisotopic (exact) mass is 498 g/mol. The van der Waals surface area contributed by atoms with Gasteiger partial charge >= 0.3 is 181 Å². The van der Waals surface area contributed by atoms with Crippen LogP contribution in [-0.4, -0.2) is 19.6 Å². The molecule has 0 N–H and O–H groups in total. The molecule has 29 heavy (non-hydrogen) atoms. The third kappa shape index (κ3) is 7.59. The molecule has 0 spiro atoms. The van der Waals surface area contributed by atoms with E-state index >= 15 is 0 Å². The second-order valence-corrected chi connectivity index (χ2v) is 14.9. The fraction of sp³-hybridized carbons (Fsp3) is 0.280. The predicted molar refractivity (Wildman–Crippen MR) is 119 cm³/mol. The van der Waals surface area contributed by atoms with Crippen LogP contribution in [0, 0.1) is 0 Å². The van der Waals surface area contributed by atoms with E-state index in [1.54, 1.807) is 0 Å². The van der Waals surface area contributed by atoms with E-state index in [9.17, 15) is 0 Å². The van der Waals surface area contributed by atoms with E-state index in [0.29, 0.717) is 19.8 Å². The Labute approximate surface area is 180 Å². The van der Waals surface area contributed by atoms with E-state index in [4.69, 9.17) is 9.22 Å². The Morgan fingerprint density at radius 3 is 1.21 bits per heavy atom. The first-order valence-electron chi connectivity index (χ1n) is 10.3. The van der Waals surface area contributed by atoms with Crippen LogP contribution in [0.4, 0.5) is 0 Å². The van der Waals surface area contributed by atoms with Crippen molar-refractivity contribution >= 4 is 19.6 Å². The Kier molecular flexibility index (Phi) is 9.22. The van der Waals surface area contributed by atoms with Crippen molar-refractivity contribution in [3.63, 3.8) is 0 Å². The quantitative estimate of drug-likeness (QED) is 0.272. The van der Waals surface area contributed by atoms with Crippen LogP contribution in [-0.2, 0) is 29.0 Å². The Bertz CT molecular complexity index is 703. The molecule has 0 saturated heterocycles. The second kappa shape index (κ2) is 12.1. The van der Waals surface area contributed by atoms with E-state index in [1.165, 1.54) is 0 Å². The Balaban J connectivity index is 1.75. The first-order chi connectivity index (χ1) is 14.3. The van der Waals surface area contributed by atoms with Gasteiger partial charge in [-0.15, -0.1) is 0 Å². The molecular weight excluding hydrogens is 467 g/mol. The number of rotatable bonds is 12. The van der Waals surface area contributed by atoms with E-state index in [2.05, 4.69) is 43.3 Å². The molecule has 0 saturated carbocycles. The van der Waals surface area contributed by atoms with E-state index < -0.39 is 19.6 Å². The second-order valence-electron chi connectivity index (χ2n) is 7.11. The van der Waals surface area contributed by atoms with Gasteiger partial charge in [-0.25, -0.2) is 0 Å². The molecule has 0 aromatic heterocycles. The van der Waals surface area contributed by atoms with Crippen LogP contribution in [0.5, 0.6) is 0 Å². The zero-order valence-corrected chi connectivity index (χ0v) is 20.0. The fourth-order valence-corrected chi connectivity index (χ4v) is 10.5. The first-order valence-corrected chi connectivity index (χ1v) is 15.8. The van der Waals surface area contributed by atoms with Gasteiger partial charge in [0.1, 0.15) is 0 Å². The molecule has 3 rings (SSSR count). The van der Waals surface area contributed by atoms with Gasteiger partial charge in [0.15, 0.2) is 0 Å². The standard InChI is InChI=1S/3C7H7O.C4H9.Sn/c3*8-6-7-4-2-1-3-5-7;1-3-4-2;/h3*1-5H,6H2;1,3-4H2,2H3;/q3*-1;;+3. The summed E-state index contributed by atoms with van der Waals surface area (Å²) in [6.45, 7) is 3.79. The summed E-state index contributed by atoms with van der Waals surface area (Å²) in [6.07, 6.45) is 2.14. The molecule has 0 aliphatic carbocycles. The van der Waals surface area contributed by atoms with Crippen LogP contribution in [0.1, 0.15) is 36.5 Å². The molecule has 0 amide bonds. The summed E-state index contributed by atoms with van der Waals surface area (Å²) in [5.74, 6) is 0. The predicted octanol–water partition coefficient (Wildman–Crippen LogP) is 6.38. The molecule has 0 aliphatic heterocycles. The number of hydrogen-bond acceptors (Lipinski definition) is 3. The molecule has 3 aromatic rings. The minimum atomic E-state index is -3.78. The normalized spacial score (nSPS) is 11.5. The van der Waals surface area contributed by atoms with Crippen molar-refractivity contribution in [1.82, 2.24) is 0 Å². The van der Waals surface area contributed by atoms with Gasteiger partial charge in [0.2, 0.25) is 0 Å². The summed E-state index contributed by atoms with van der Waals surface area (Å²) in [7, 11) is 0. The van der Waals surface area contributed by atoms with Crippen LogP contribution in [0.15, 0.2) is 91.0 Å². The third-order valence-corrected chi connectivity index (χ3v) is 12.5. The first kappa shape index (κ1) is 22.0. The van der Waals surface area contributed by atoms with Crippen molar-refractivity contribution in [1.29, 1.82) is 0 Å². The topological polar surface area (TPSA) is 27.7 Å². The van der Waals surface area contributed by atoms with E-state index in [0.717, 1.165) is 34.0 Å². The number of benzene rings is 3. The number of hydrogen-bond donors (Lipinski definition) is 0. The Morgan fingerprint density at radius 1 is 0.552 bits per heavy atom. The maximum atomic E-state index is 6.53. The van der Waals surface area contributed by atoms with Crippen molar-refractivity contribution in [2.45, 2.75) is 44.0 Å². The molecule has 3 aromatic carbocycles. The van der Waals surface area contributed by atoms with Gasteiger partial charge in [-0.3, -0.25) is 0 Å². The summed E-state index contributed by atoms with van der Waals surface area (Å²) >= 11 is -3.78. The zero-order valence-electron chi connectivity index (χ0n) is 17.1. The van der Waals surface area contributed by atoms with E-state index in [1.807, 2.05) is 54.6 Å². The molecule has 0 atom stereocenters. The summed E-state index contributed by atoms with van der Waals surface area (Å²) in [4.78, 5) is 0. The van der Waals surface area contributed by atoms with Gasteiger partial charge in [-0.05, 0) is 0 Å². The van der Waals surface area contributed by atoms with Crippen molar-refractivity contribution < 1.29 is 9.22 Å². The molecule has 0 radical (unpaired) electrons. The molecule has 0 heterocycles. The van der Waals surface area contributed by atoms with Gasteiger partial charge in [-0.1, -0.05) is 0 Å². The third-order valence-electron chi connectivity index (χ3n) is 4.74. The zero-order chi connectivity index (χ0) is 20.2. The summed E-state index contributed by atoms with van der Waals surface area (Å²) in [6, 6.07) is 30.8. The molecule has 0 aliphatic rings. The molecule has 0 unspecified atom stereocenters.